The molecule has 0 aliphatic carbocycles. The molecule has 0 amide bonds. The van der Waals surface area contributed by atoms with Crippen molar-refractivity contribution in [3.05, 3.63) is 0 Å². The van der Waals surface area contributed by atoms with E-state index >= 15 is 0 Å². The Hall–Kier alpha value is -0.610. The average molecular weight is 242 g/mol. The lowest BCUT2D eigenvalue weighted by Gasteiger charge is -2.41. The third-order valence-electron chi connectivity index (χ3n) is 3.56. The van der Waals surface area contributed by atoms with Gasteiger partial charge < -0.3 is 15.0 Å². The van der Waals surface area contributed by atoms with Gasteiger partial charge in [0.25, 0.3) is 0 Å². The molecule has 1 rings (SSSR count). The highest BCUT2D eigenvalue weighted by Crippen LogP contribution is 2.25. The molecule has 0 aromatic carbocycles. The second-order valence-corrected chi connectivity index (χ2v) is 4.96. The summed E-state index contributed by atoms with van der Waals surface area (Å²) in [6.07, 6.45) is 1.69. The number of nitrogens with zero attached hydrogens (tertiary/aromatic N) is 1. The van der Waals surface area contributed by atoms with Crippen LogP contribution in [0.25, 0.3) is 0 Å². The summed E-state index contributed by atoms with van der Waals surface area (Å²) in [5, 5.41) is 3.34. The van der Waals surface area contributed by atoms with Gasteiger partial charge in [0.1, 0.15) is 5.54 Å². The molecule has 4 nitrogen and oxygen atoms in total. The number of rotatable bonds is 5. The Morgan fingerprint density at radius 2 is 1.94 bits per heavy atom. The van der Waals surface area contributed by atoms with Crippen molar-refractivity contribution in [2.24, 2.45) is 0 Å². The summed E-state index contributed by atoms with van der Waals surface area (Å²) >= 11 is 0. The smallest absolute Gasteiger partial charge is 0.326 e. The summed E-state index contributed by atoms with van der Waals surface area (Å²) in [5.41, 5.74) is -0.448. The molecule has 0 aromatic heterocycles. The molecule has 100 valence electrons. The van der Waals surface area contributed by atoms with Crippen LogP contribution in [0.2, 0.25) is 0 Å². The fourth-order valence-electron chi connectivity index (χ4n) is 2.48. The number of likely N-dealkylation sites (N-methyl/N-ethyl adjacent to an activating group) is 1. The summed E-state index contributed by atoms with van der Waals surface area (Å²) in [5.74, 6) is -0.0785. The van der Waals surface area contributed by atoms with Crippen molar-refractivity contribution < 1.29 is 9.53 Å². The molecule has 0 bridgehead atoms. The Morgan fingerprint density at radius 3 is 2.35 bits per heavy atom. The maximum absolute atomic E-state index is 12.1. The molecule has 1 fully saturated rings. The minimum absolute atomic E-state index is 0.0785. The fourth-order valence-corrected chi connectivity index (χ4v) is 2.48. The van der Waals surface area contributed by atoms with Crippen molar-refractivity contribution in [1.29, 1.82) is 0 Å². The van der Waals surface area contributed by atoms with Gasteiger partial charge in [0.2, 0.25) is 0 Å². The lowest BCUT2D eigenvalue weighted by atomic mass is 9.87. The summed E-state index contributed by atoms with van der Waals surface area (Å²) in [6, 6.07) is 0.553. The van der Waals surface area contributed by atoms with Gasteiger partial charge in [-0.1, -0.05) is 6.92 Å². The normalized spacial score (nSPS) is 20.5. The van der Waals surface area contributed by atoms with Crippen molar-refractivity contribution in [3.8, 4) is 0 Å². The zero-order valence-electron chi connectivity index (χ0n) is 11.6. The van der Waals surface area contributed by atoms with Crippen LogP contribution in [0.15, 0.2) is 0 Å². The maximum atomic E-state index is 12.1. The van der Waals surface area contributed by atoms with Crippen LogP contribution in [-0.2, 0) is 9.53 Å². The number of nitrogens with one attached hydrogen (secondary N) is 1. The van der Waals surface area contributed by atoms with Crippen molar-refractivity contribution in [2.45, 2.75) is 52.1 Å². The van der Waals surface area contributed by atoms with E-state index in [9.17, 15) is 4.79 Å². The van der Waals surface area contributed by atoms with Gasteiger partial charge in [-0.25, -0.2) is 0 Å². The van der Waals surface area contributed by atoms with E-state index in [4.69, 9.17) is 4.74 Å². The Bertz CT molecular complexity index is 246. The van der Waals surface area contributed by atoms with E-state index in [2.05, 4.69) is 24.1 Å². The van der Waals surface area contributed by atoms with E-state index < -0.39 is 5.54 Å². The molecular weight excluding hydrogens is 216 g/mol. The minimum atomic E-state index is -0.448. The molecule has 0 aromatic rings. The van der Waals surface area contributed by atoms with Crippen LogP contribution in [0.5, 0.6) is 0 Å². The van der Waals surface area contributed by atoms with Crippen molar-refractivity contribution in [1.82, 2.24) is 10.2 Å². The Labute approximate surface area is 105 Å². The van der Waals surface area contributed by atoms with Crippen LogP contribution in [0, 0.1) is 0 Å². The fraction of sp³-hybridized carbons (Fsp3) is 0.923. The molecule has 1 aliphatic heterocycles. The topological polar surface area (TPSA) is 41.6 Å². The number of hydrogen-bond acceptors (Lipinski definition) is 4. The number of hydrogen-bond donors (Lipinski definition) is 1. The molecule has 0 radical (unpaired) electrons. The standard InChI is InChI=1S/C13H26N2O2/c1-5-14-13(12(16)17-6-2)7-9-15(10-8-13)11(3)4/h11,14H,5-10H2,1-4H3. The molecule has 1 aliphatic rings. The first kappa shape index (κ1) is 14.5. The van der Waals surface area contributed by atoms with Crippen LogP contribution in [0.1, 0.15) is 40.5 Å². The van der Waals surface area contributed by atoms with E-state index in [1.54, 1.807) is 0 Å². The zero-order chi connectivity index (χ0) is 12.9. The number of piperidine rings is 1. The third-order valence-corrected chi connectivity index (χ3v) is 3.56. The van der Waals surface area contributed by atoms with E-state index in [1.807, 2.05) is 13.8 Å². The van der Waals surface area contributed by atoms with Gasteiger partial charge in [0.15, 0.2) is 0 Å². The monoisotopic (exact) mass is 242 g/mol. The van der Waals surface area contributed by atoms with Gasteiger partial charge in [0, 0.05) is 19.1 Å². The number of likely N-dealkylation sites (tertiary alicyclic amines) is 1. The number of ether oxygens (including phenoxy) is 1. The van der Waals surface area contributed by atoms with Crippen LogP contribution in [-0.4, -0.2) is 48.7 Å². The van der Waals surface area contributed by atoms with Crippen LogP contribution < -0.4 is 5.32 Å². The molecule has 17 heavy (non-hydrogen) atoms. The average Bonchev–Trinajstić information content (AvgIpc) is 2.30. The second-order valence-electron chi connectivity index (χ2n) is 4.96. The quantitative estimate of drug-likeness (QED) is 0.740. The van der Waals surface area contributed by atoms with Gasteiger partial charge in [-0.3, -0.25) is 4.79 Å². The SMILES string of the molecule is CCNC1(C(=O)OCC)CCN(C(C)C)CC1. The molecule has 1 saturated heterocycles. The molecule has 0 unspecified atom stereocenters. The van der Waals surface area contributed by atoms with Gasteiger partial charge in [-0.15, -0.1) is 0 Å². The lowest BCUT2D eigenvalue weighted by Crippen LogP contribution is -2.59. The minimum Gasteiger partial charge on any atom is -0.465 e. The van der Waals surface area contributed by atoms with E-state index in [0.717, 1.165) is 32.5 Å². The highest BCUT2D eigenvalue weighted by molar-refractivity contribution is 5.81. The maximum Gasteiger partial charge on any atom is 0.326 e. The second kappa shape index (κ2) is 6.36. The first-order chi connectivity index (χ1) is 8.05. The Kier molecular flexibility index (Phi) is 5.40. The third kappa shape index (κ3) is 3.42. The highest BCUT2D eigenvalue weighted by Gasteiger charge is 2.42. The predicted molar refractivity (Wildman–Crippen MR) is 69.0 cm³/mol. The van der Waals surface area contributed by atoms with Gasteiger partial charge in [-0.2, -0.15) is 0 Å². The number of esters is 1. The summed E-state index contributed by atoms with van der Waals surface area (Å²) in [7, 11) is 0. The molecule has 4 heteroatoms. The molecule has 0 spiro atoms. The van der Waals surface area contributed by atoms with Gasteiger partial charge in [-0.05, 0) is 40.2 Å². The van der Waals surface area contributed by atoms with E-state index in [0.29, 0.717) is 12.6 Å². The van der Waals surface area contributed by atoms with Crippen LogP contribution in [0.4, 0.5) is 0 Å². The molecule has 0 saturated carbocycles. The van der Waals surface area contributed by atoms with Crippen LogP contribution in [0.3, 0.4) is 0 Å². The molecule has 1 heterocycles. The Balaban J connectivity index is 2.66. The highest BCUT2D eigenvalue weighted by atomic mass is 16.5. The first-order valence-corrected chi connectivity index (χ1v) is 6.72. The van der Waals surface area contributed by atoms with Crippen molar-refractivity contribution >= 4 is 5.97 Å². The van der Waals surface area contributed by atoms with Crippen molar-refractivity contribution in [2.75, 3.05) is 26.2 Å². The van der Waals surface area contributed by atoms with Crippen LogP contribution >= 0.6 is 0 Å². The van der Waals surface area contributed by atoms with E-state index in [-0.39, 0.29) is 5.97 Å². The Morgan fingerprint density at radius 1 is 1.35 bits per heavy atom. The molecular formula is C13H26N2O2. The first-order valence-electron chi connectivity index (χ1n) is 6.72. The summed E-state index contributed by atoms with van der Waals surface area (Å²) < 4.78 is 5.21. The van der Waals surface area contributed by atoms with Gasteiger partial charge >= 0.3 is 5.97 Å². The number of carbonyl (C=O) groups excluding carboxylic acids is 1. The van der Waals surface area contributed by atoms with E-state index in [1.165, 1.54) is 0 Å². The van der Waals surface area contributed by atoms with Crippen molar-refractivity contribution in [3.63, 3.8) is 0 Å². The summed E-state index contributed by atoms with van der Waals surface area (Å²) in [6.45, 7) is 11.5. The molecule has 0 atom stereocenters. The number of carbonyl (C=O) groups is 1. The van der Waals surface area contributed by atoms with Gasteiger partial charge in [0.05, 0.1) is 6.61 Å². The largest absolute Gasteiger partial charge is 0.465 e. The predicted octanol–water partition coefficient (Wildman–Crippen LogP) is 1.40. The lowest BCUT2D eigenvalue weighted by molar-refractivity contribution is -0.153. The summed E-state index contributed by atoms with van der Waals surface area (Å²) in [4.78, 5) is 14.5. The zero-order valence-corrected chi connectivity index (χ0v) is 11.6. The molecule has 1 N–H and O–H groups in total.